The van der Waals surface area contributed by atoms with Crippen LogP contribution in [0.25, 0.3) is 0 Å². The van der Waals surface area contributed by atoms with Gasteiger partial charge in [0.25, 0.3) is 0 Å². The molecule has 0 aliphatic carbocycles. The summed E-state index contributed by atoms with van der Waals surface area (Å²) in [6.07, 6.45) is 6.90. The van der Waals surface area contributed by atoms with Gasteiger partial charge in [0.1, 0.15) is 0 Å². The first kappa shape index (κ1) is 13.0. The lowest BCUT2D eigenvalue weighted by molar-refractivity contribution is 0.122. The first-order valence-corrected chi connectivity index (χ1v) is 6.13. The zero-order valence-electron chi connectivity index (χ0n) is 10.3. The van der Waals surface area contributed by atoms with Crippen LogP contribution in [0.3, 0.4) is 0 Å². The van der Waals surface area contributed by atoms with Gasteiger partial charge >= 0.3 is 5.69 Å². The lowest BCUT2D eigenvalue weighted by Gasteiger charge is -2.03. The third-order valence-corrected chi connectivity index (χ3v) is 2.50. The van der Waals surface area contributed by atoms with Crippen LogP contribution in [-0.2, 0) is 17.8 Å². The van der Waals surface area contributed by atoms with Crippen molar-refractivity contribution >= 4 is 0 Å². The zero-order valence-corrected chi connectivity index (χ0v) is 10.3. The fourth-order valence-corrected chi connectivity index (χ4v) is 1.55. The van der Waals surface area contributed by atoms with Crippen LogP contribution in [0.15, 0.2) is 17.2 Å². The molecule has 1 rings (SSSR count). The Morgan fingerprint density at radius 1 is 1.06 bits per heavy atom. The maximum atomic E-state index is 11.7. The largest absolute Gasteiger partial charge is 0.380 e. The van der Waals surface area contributed by atoms with Gasteiger partial charge < -0.3 is 4.74 Å². The molecule has 4 nitrogen and oxygen atoms in total. The summed E-state index contributed by atoms with van der Waals surface area (Å²) in [5.41, 5.74) is 0.0703. The second-order valence-corrected chi connectivity index (χ2v) is 3.93. The minimum absolute atomic E-state index is 0.0703. The monoisotopic (exact) mass is 226 g/mol. The third-order valence-electron chi connectivity index (χ3n) is 2.50. The first-order valence-electron chi connectivity index (χ1n) is 6.13. The van der Waals surface area contributed by atoms with Gasteiger partial charge in [0.15, 0.2) is 0 Å². The van der Waals surface area contributed by atoms with Crippen molar-refractivity contribution in [1.29, 1.82) is 0 Å². The lowest BCUT2D eigenvalue weighted by Crippen LogP contribution is -2.25. The molecule has 4 heteroatoms. The molecule has 0 unspecified atom stereocenters. The van der Waals surface area contributed by atoms with Crippen molar-refractivity contribution in [2.45, 2.75) is 46.2 Å². The van der Waals surface area contributed by atoms with Gasteiger partial charge in [0, 0.05) is 25.5 Å². The SMILES string of the molecule is CCCCOCCn1ccn(CCC)c1=O. The molecule has 0 radical (unpaired) electrons. The lowest BCUT2D eigenvalue weighted by atomic mass is 10.4. The molecule has 0 aliphatic rings. The number of rotatable bonds is 8. The van der Waals surface area contributed by atoms with E-state index in [1.54, 1.807) is 9.13 Å². The highest BCUT2D eigenvalue weighted by Crippen LogP contribution is 1.91. The van der Waals surface area contributed by atoms with Crippen molar-refractivity contribution in [2.24, 2.45) is 0 Å². The second kappa shape index (κ2) is 7.28. The highest BCUT2D eigenvalue weighted by molar-refractivity contribution is 4.81. The summed E-state index contributed by atoms with van der Waals surface area (Å²) in [5, 5.41) is 0. The molecular weight excluding hydrogens is 204 g/mol. The number of ether oxygens (including phenoxy) is 1. The number of nitrogens with zero attached hydrogens (tertiary/aromatic N) is 2. The summed E-state index contributed by atoms with van der Waals surface area (Å²) < 4.78 is 8.89. The molecule has 0 spiro atoms. The van der Waals surface area contributed by atoms with E-state index in [1.165, 1.54) is 0 Å². The van der Waals surface area contributed by atoms with Crippen molar-refractivity contribution in [2.75, 3.05) is 13.2 Å². The normalized spacial score (nSPS) is 10.9. The van der Waals surface area contributed by atoms with Crippen molar-refractivity contribution in [3.63, 3.8) is 0 Å². The van der Waals surface area contributed by atoms with Gasteiger partial charge in [-0.3, -0.25) is 9.13 Å². The van der Waals surface area contributed by atoms with Gasteiger partial charge in [0.05, 0.1) is 13.2 Å². The van der Waals surface area contributed by atoms with E-state index in [9.17, 15) is 4.79 Å². The zero-order chi connectivity index (χ0) is 11.8. The topological polar surface area (TPSA) is 36.2 Å². The fourth-order valence-electron chi connectivity index (χ4n) is 1.55. The Morgan fingerprint density at radius 3 is 2.38 bits per heavy atom. The minimum atomic E-state index is 0.0703. The Morgan fingerprint density at radius 2 is 1.75 bits per heavy atom. The molecule has 0 bridgehead atoms. The van der Waals surface area contributed by atoms with Crippen molar-refractivity contribution < 1.29 is 4.74 Å². The van der Waals surface area contributed by atoms with E-state index in [2.05, 4.69) is 13.8 Å². The van der Waals surface area contributed by atoms with Crippen LogP contribution in [0.4, 0.5) is 0 Å². The van der Waals surface area contributed by atoms with Crippen molar-refractivity contribution in [3.05, 3.63) is 22.9 Å². The summed E-state index contributed by atoms with van der Waals surface area (Å²) in [4.78, 5) is 11.7. The van der Waals surface area contributed by atoms with Crippen molar-refractivity contribution in [1.82, 2.24) is 9.13 Å². The Bertz CT molecular complexity index is 341. The molecule has 1 aromatic rings. The van der Waals surface area contributed by atoms with Gasteiger partial charge in [0.2, 0.25) is 0 Å². The predicted octanol–water partition coefficient (Wildman–Crippen LogP) is 1.88. The Labute approximate surface area is 96.8 Å². The number of hydrogen-bond donors (Lipinski definition) is 0. The number of aromatic nitrogens is 2. The molecule has 0 amide bonds. The number of unbranched alkanes of at least 4 members (excludes halogenated alkanes) is 1. The molecule has 0 aromatic carbocycles. The molecule has 0 fully saturated rings. The summed E-state index contributed by atoms with van der Waals surface area (Å²) in [7, 11) is 0. The quantitative estimate of drug-likeness (QED) is 0.634. The van der Waals surface area contributed by atoms with Crippen LogP contribution in [-0.4, -0.2) is 22.3 Å². The summed E-state index contributed by atoms with van der Waals surface area (Å²) in [6.45, 7) is 7.06. The molecule has 16 heavy (non-hydrogen) atoms. The van der Waals surface area contributed by atoms with E-state index in [0.717, 1.165) is 32.4 Å². The average molecular weight is 226 g/mol. The second-order valence-electron chi connectivity index (χ2n) is 3.93. The predicted molar refractivity (Wildman–Crippen MR) is 64.7 cm³/mol. The van der Waals surface area contributed by atoms with E-state index in [0.29, 0.717) is 13.2 Å². The maximum Gasteiger partial charge on any atom is 0.328 e. The van der Waals surface area contributed by atoms with Gasteiger partial charge in [-0.25, -0.2) is 4.79 Å². The number of imidazole rings is 1. The van der Waals surface area contributed by atoms with Crippen LogP contribution in [0.2, 0.25) is 0 Å². The van der Waals surface area contributed by atoms with Crippen LogP contribution < -0.4 is 5.69 Å². The van der Waals surface area contributed by atoms with Crippen molar-refractivity contribution in [3.8, 4) is 0 Å². The molecule has 0 aliphatic heterocycles. The molecular formula is C12H22N2O2. The minimum Gasteiger partial charge on any atom is -0.380 e. The van der Waals surface area contributed by atoms with Gasteiger partial charge in [-0.1, -0.05) is 20.3 Å². The molecule has 0 atom stereocenters. The standard InChI is InChI=1S/C12H22N2O2/c1-3-5-10-16-11-9-14-8-7-13(6-4-2)12(14)15/h7-8H,3-6,9-11H2,1-2H3. The highest BCUT2D eigenvalue weighted by atomic mass is 16.5. The number of hydrogen-bond acceptors (Lipinski definition) is 2. The van der Waals surface area contributed by atoms with Crippen LogP contribution in [0, 0.1) is 0 Å². The molecule has 0 N–H and O–H groups in total. The average Bonchev–Trinajstić information content (AvgIpc) is 2.62. The molecule has 1 heterocycles. The van der Waals surface area contributed by atoms with Gasteiger partial charge in [-0.15, -0.1) is 0 Å². The van der Waals surface area contributed by atoms with Crippen LogP contribution in [0.5, 0.6) is 0 Å². The van der Waals surface area contributed by atoms with E-state index in [4.69, 9.17) is 4.74 Å². The summed E-state index contributed by atoms with van der Waals surface area (Å²) >= 11 is 0. The molecule has 0 saturated carbocycles. The van der Waals surface area contributed by atoms with E-state index in [-0.39, 0.29) is 5.69 Å². The molecule has 92 valence electrons. The molecule has 0 saturated heterocycles. The number of aryl methyl sites for hydroxylation is 1. The van der Waals surface area contributed by atoms with E-state index in [1.807, 2.05) is 12.4 Å². The first-order chi connectivity index (χ1) is 7.79. The maximum absolute atomic E-state index is 11.7. The fraction of sp³-hybridized carbons (Fsp3) is 0.750. The highest BCUT2D eigenvalue weighted by Gasteiger charge is 2.01. The van der Waals surface area contributed by atoms with E-state index >= 15 is 0 Å². The Kier molecular flexibility index (Phi) is 5.93. The van der Waals surface area contributed by atoms with Gasteiger partial charge in [-0.2, -0.15) is 0 Å². The summed E-state index contributed by atoms with van der Waals surface area (Å²) in [6, 6.07) is 0. The van der Waals surface area contributed by atoms with Gasteiger partial charge in [-0.05, 0) is 12.8 Å². The summed E-state index contributed by atoms with van der Waals surface area (Å²) in [5.74, 6) is 0. The van der Waals surface area contributed by atoms with Crippen LogP contribution >= 0.6 is 0 Å². The Hall–Kier alpha value is -1.03. The molecule has 1 aromatic heterocycles. The van der Waals surface area contributed by atoms with E-state index < -0.39 is 0 Å². The van der Waals surface area contributed by atoms with Crippen LogP contribution in [0.1, 0.15) is 33.1 Å². The third kappa shape index (κ3) is 3.85. The Balaban J connectivity index is 2.34. The smallest absolute Gasteiger partial charge is 0.328 e.